The monoisotopic (exact) mass is 321 g/mol. The van der Waals surface area contributed by atoms with Crippen molar-refractivity contribution in [1.29, 1.82) is 0 Å². The fourth-order valence-electron chi connectivity index (χ4n) is 2.24. The molecule has 22 heavy (non-hydrogen) atoms. The average molecular weight is 321 g/mol. The number of hydrogen-bond donors (Lipinski definition) is 1. The summed E-state index contributed by atoms with van der Waals surface area (Å²) in [7, 11) is -3.59. The maximum Gasteiger partial charge on any atom is 0.241 e. The molecule has 0 radical (unpaired) electrons. The molecule has 0 bridgehead atoms. The average Bonchev–Trinajstić information content (AvgIpc) is 2.48. The van der Waals surface area contributed by atoms with Crippen LogP contribution in [0.15, 0.2) is 53.4 Å². The molecular formula is C17H20FNO2S. The van der Waals surface area contributed by atoms with Gasteiger partial charge in [0.05, 0.1) is 4.90 Å². The predicted molar refractivity (Wildman–Crippen MR) is 85.6 cm³/mol. The summed E-state index contributed by atoms with van der Waals surface area (Å²) in [6, 6.07) is 12.3. The first-order valence-corrected chi connectivity index (χ1v) is 8.77. The van der Waals surface area contributed by atoms with Gasteiger partial charge in [0.25, 0.3) is 0 Å². The molecule has 0 spiro atoms. The molecule has 0 heterocycles. The van der Waals surface area contributed by atoms with Crippen molar-refractivity contribution in [2.75, 3.05) is 0 Å². The summed E-state index contributed by atoms with van der Waals surface area (Å²) in [5.74, 6) is -0.342. The Balaban J connectivity index is 2.14. The molecular weight excluding hydrogens is 301 g/mol. The minimum Gasteiger partial charge on any atom is -0.207 e. The second-order valence-corrected chi connectivity index (χ2v) is 7.00. The first-order chi connectivity index (χ1) is 10.4. The summed E-state index contributed by atoms with van der Waals surface area (Å²) < 4.78 is 40.3. The van der Waals surface area contributed by atoms with Crippen LogP contribution in [0.5, 0.6) is 0 Å². The summed E-state index contributed by atoms with van der Waals surface area (Å²) in [4.78, 5) is 0.237. The van der Waals surface area contributed by atoms with Crippen LogP contribution < -0.4 is 4.72 Å². The van der Waals surface area contributed by atoms with Gasteiger partial charge < -0.3 is 0 Å². The van der Waals surface area contributed by atoms with Crippen LogP contribution in [-0.2, 0) is 16.4 Å². The van der Waals surface area contributed by atoms with Crippen molar-refractivity contribution >= 4 is 10.0 Å². The minimum absolute atomic E-state index is 0.237. The van der Waals surface area contributed by atoms with E-state index in [1.54, 1.807) is 31.2 Å². The zero-order valence-electron chi connectivity index (χ0n) is 12.7. The summed E-state index contributed by atoms with van der Waals surface area (Å²) in [5.41, 5.74) is 1.83. The molecule has 0 aromatic heterocycles. The molecule has 0 aliphatic rings. The Morgan fingerprint density at radius 2 is 1.64 bits per heavy atom. The van der Waals surface area contributed by atoms with E-state index < -0.39 is 16.1 Å². The third kappa shape index (κ3) is 4.15. The molecule has 2 aromatic rings. The molecule has 5 heteroatoms. The summed E-state index contributed by atoms with van der Waals surface area (Å²) in [5, 5.41) is 0. The fourth-order valence-corrected chi connectivity index (χ4v) is 3.48. The van der Waals surface area contributed by atoms with E-state index in [1.807, 2.05) is 12.1 Å². The largest absolute Gasteiger partial charge is 0.241 e. The lowest BCUT2D eigenvalue weighted by Gasteiger charge is -2.15. The fraction of sp³-hybridized carbons (Fsp3) is 0.294. The minimum atomic E-state index is -3.59. The Kier molecular flexibility index (Phi) is 5.32. The first kappa shape index (κ1) is 16.6. The van der Waals surface area contributed by atoms with Gasteiger partial charge in [-0.2, -0.15) is 0 Å². The van der Waals surface area contributed by atoms with E-state index in [0.29, 0.717) is 5.56 Å². The lowest BCUT2D eigenvalue weighted by Crippen LogP contribution is -2.26. The highest BCUT2D eigenvalue weighted by Crippen LogP contribution is 2.18. The van der Waals surface area contributed by atoms with E-state index in [9.17, 15) is 12.8 Å². The Hall–Kier alpha value is -1.72. The Bertz CT molecular complexity index is 709. The van der Waals surface area contributed by atoms with Gasteiger partial charge in [-0.05, 0) is 48.7 Å². The summed E-state index contributed by atoms with van der Waals surface area (Å²) in [6.07, 6.45) is 1.95. The van der Waals surface area contributed by atoms with Crippen molar-refractivity contribution in [3.63, 3.8) is 0 Å². The number of halogens is 1. The number of hydrogen-bond acceptors (Lipinski definition) is 2. The van der Waals surface area contributed by atoms with Gasteiger partial charge in [-0.15, -0.1) is 0 Å². The lowest BCUT2D eigenvalue weighted by molar-refractivity contribution is 0.566. The van der Waals surface area contributed by atoms with Gasteiger partial charge in [0.2, 0.25) is 10.0 Å². The molecule has 1 N–H and O–H groups in total. The van der Waals surface area contributed by atoms with Crippen molar-refractivity contribution in [3.8, 4) is 0 Å². The van der Waals surface area contributed by atoms with Gasteiger partial charge in [-0.1, -0.05) is 37.6 Å². The van der Waals surface area contributed by atoms with Crippen LogP contribution in [0.3, 0.4) is 0 Å². The second kappa shape index (κ2) is 7.03. The zero-order chi connectivity index (χ0) is 16.2. The molecule has 0 aliphatic carbocycles. The summed E-state index contributed by atoms with van der Waals surface area (Å²) >= 11 is 0. The van der Waals surface area contributed by atoms with Crippen molar-refractivity contribution < 1.29 is 12.8 Å². The molecule has 1 atom stereocenters. The molecule has 1 unspecified atom stereocenters. The van der Waals surface area contributed by atoms with Crippen LogP contribution in [0.2, 0.25) is 0 Å². The van der Waals surface area contributed by atoms with Crippen molar-refractivity contribution in [3.05, 3.63) is 65.5 Å². The molecule has 118 valence electrons. The van der Waals surface area contributed by atoms with Crippen molar-refractivity contribution in [2.24, 2.45) is 0 Å². The Morgan fingerprint density at radius 1 is 1.05 bits per heavy atom. The van der Waals surface area contributed by atoms with Crippen LogP contribution in [-0.4, -0.2) is 8.42 Å². The van der Waals surface area contributed by atoms with Crippen LogP contribution in [0, 0.1) is 5.82 Å². The normalized spacial score (nSPS) is 13.0. The van der Waals surface area contributed by atoms with Crippen molar-refractivity contribution in [1.82, 2.24) is 4.72 Å². The highest BCUT2D eigenvalue weighted by atomic mass is 32.2. The van der Waals surface area contributed by atoms with Gasteiger partial charge >= 0.3 is 0 Å². The number of rotatable bonds is 6. The zero-order valence-corrected chi connectivity index (χ0v) is 13.5. The first-order valence-electron chi connectivity index (χ1n) is 7.29. The van der Waals surface area contributed by atoms with E-state index >= 15 is 0 Å². The molecule has 2 aromatic carbocycles. The quantitative estimate of drug-likeness (QED) is 0.879. The van der Waals surface area contributed by atoms with Crippen LogP contribution in [0.1, 0.15) is 37.4 Å². The number of sulfonamides is 1. The maximum absolute atomic E-state index is 12.9. The molecule has 0 amide bonds. The van der Waals surface area contributed by atoms with Gasteiger partial charge in [0, 0.05) is 6.04 Å². The standard InChI is InChI=1S/C17H20FNO2S/c1-3-4-14-5-11-17(12-6-14)22(20,21)19-13(2)15-7-9-16(18)10-8-15/h5-13,19H,3-4H2,1-2H3. The molecule has 0 saturated carbocycles. The third-order valence-corrected chi connectivity index (χ3v) is 5.03. The topological polar surface area (TPSA) is 46.2 Å². The predicted octanol–water partition coefficient (Wildman–Crippen LogP) is 3.82. The molecule has 3 nitrogen and oxygen atoms in total. The van der Waals surface area contributed by atoms with E-state index in [-0.39, 0.29) is 10.7 Å². The van der Waals surface area contributed by atoms with Gasteiger partial charge in [-0.25, -0.2) is 17.5 Å². The van der Waals surface area contributed by atoms with Crippen LogP contribution in [0.4, 0.5) is 4.39 Å². The second-order valence-electron chi connectivity index (χ2n) is 5.29. The van der Waals surface area contributed by atoms with E-state index in [0.717, 1.165) is 18.4 Å². The van der Waals surface area contributed by atoms with Gasteiger partial charge in [-0.3, -0.25) is 0 Å². The lowest BCUT2D eigenvalue weighted by atomic mass is 10.1. The molecule has 0 aliphatic heterocycles. The summed E-state index contributed by atoms with van der Waals surface area (Å²) in [6.45, 7) is 3.81. The van der Waals surface area contributed by atoms with E-state index in [4.69, 9.17) is 0 Å². The Morgan fingerprint density at radius 3 is 2.18 bits per heavy atom. The number of nitrogens with one attached hydrogen (secondary N) is 1. The molecule has 0 fully saturated rings. The smallest absolute Gasteiger partial charge is 0.207 e. The highest BCUT2D eigenvalue weighted by molar-refractivity contribution is 7.89. The number of benzene rings is 2. The number of aryl methyl sites for hydroxylation is 1. The van der Waals surface area contributed by atoms with E-state index in [2.05, 4.69) is 11.6 Å². The molecule has 2 rings (SSSR count). The van der Waals surface area contributed by atoms with Gasteiger partial charge in [0.1, 0.15) is 5.82 Å². The van der Waals surface area contributed by atoms with Crippen LogP contribution in [0.25, 0.3) is 0 Å². The van der Waals surface area contributed by atoms with E-state index in [1.165, 1.54) is 12.1 Å². The molecule has 0 saturated heterocycles. The maximum atomic E-state index is 12.9. The third-order valence-electron chi connectivity index (χ3n) is 3.47. The Labute approximate surface area is 131 Å². The van der Waals surface area contributed by atoms with Crippen molar-refractivity contribution in [2.45, 2.75) is 37.6 Å². The highest BCUT2D eigenvalue weighted by Gasteiger charge is 2.18. The van der Waals surface area contributed by atoms with Gasteiger partial charge in [0.15, 0.2) is 0 Å². The SMILES string of the molecule is CCCc1ccc(S(=O)(=O)NC(C)c2ccc(F)cc2)cc1. The van der Waals surface area contributed by atoms with Crippen LogP contribution >= 0.6 is 0 Å².